The van der Waals surface area contributed by atoms with E-state index < -0.39 is 5.97 Å². The zero-order valence-electron chi connectivity index (χ0n) is 11.8. The van der Waals surface area contributed by atoms with Crippen LogP contribution in [0.3, 0.4) is 0 Å². The summed E-state index contributed by atoms with van der Waals surface area (Å²) >= 11 is 0. The van der Waals surface area contributed by atoms with Crippen molar-refractivity contribution in [3.63, 3.8) is 0 Å². The first kappa shape index (κ1) is 15.0. The number of piperidine rings is 1. The molecule has 1 aliphatic heterocycles. The summed E-state index contributed by atoms with van der Waals surface area (Å²) in [5, 5.41) is 17.9. The van der Waals surface area contributed by atoms with E-state index in [1.54, 1.807) is 0 Å². The Morgan fingerprint density at radius 1 is 1.20 bits per heavy atom. The van der Waals surface area contributed by atoms with Crippen LogP contribution in [0.15, 0.2) is 24.3 Å². The molecule has 0 bridgehead atoms. The minimum atomic E-state index is -0.795. The van der Waals surface area contributed by atoms with E-state index in [0.717, 1.165) is 31.5 Å². The minimum absolute atomic E-state index is 0.0805. The van der Waals surface area contributed by atoms with E-state index in [-0.39, 0.29) is 13.0 Å². The molecule has 1 aromatic rings. The molecule has 2 N–H and O–H groups in total. The quantitative estimate of drug-likeness (QED) is 0.835. The first-order valence-corrected chi connectivity index (χ1v) is 7.33. The second kappa shape index (κ2) is 7.41. The van der Waals surface area contributed by atoms with Gasteiger partial charge < -0.3 is 10.2 Å². The molecule has 4 nitrogen and oxygen atoms in total. The average Bonchev–Trinajstić information content (AvgIpc) is 2.43. The molecule has 20 heavy (non-hydrogen) atoms. The summed E-state index contributed by atoms with van der Waals surface area (Å²) in [4.78, 5) is 13.1. The number of likely N-dealkylation sites (tertiary alicyclic amines) is 1. The second-order valence-electron chi connectivity index (χ2n) is 5.52. The fraction of sp³-hybridized carbons (Fsp3) is 0.562. The zero-order valence-corrected chi connectivity index (χ0v) is 11.8. The normalized spacial score (nSPS) is 19.9. The molecule has 1 aliphatic rings. The van der Waals surface area contributed by atoms with Gasteiger partial charge in [0.05, 0.1) is 6.42 Å². The van der Waals surface area contributed by atoms with E-state index in [9.17, 15) is 4.79 Å². The molecular formula is C16H23NO3. The van der Waals surface area contributed by atoms with Crippen LogP contribution in [0.2, 0.25) is 0 Å². The molecule has 1 fully saturated rings. The number of nitrogens with zero attached hydrogens (tertiary/aromatic N) is 1. The van der Waals surface area contributed by atoms with Crippen LogP contribution in [0.4, 0.5) is 0 Å². The summed E-state index contributed by atoms with van der Waals surface area (Å²) in [6.07, 6.45) is 4.56. The van der Waals surface area contributed by atoms with Gasteiger partial charge in [0, 0.05) is 19.2 Å². The molecule has 1 saturated heterocycles. The van der Waals surface area contributed by atoms with Gasteiger partial charge in [0.2, 0.25) is 0 Å². The Morgan fingerprint density at radius 2 is 1.90 bits per heavy atom. The Kier molecular flexibility index (Phi) is 5.56. The van der Waals surface area contributed by atoms with Gasteiger partial charge in [0.15, 0.2) is 0 Å². The van der Waals surface area contributed by atoms with Crippen molar-refractivity contribution in [1.29, 1.82) is 0 Å². The molecule has 0 saturated carbocycles. The summed E-state index contributed by atoms with van der Waals surface area (Å²) in [7, 11) is 0. The number of hydrogen-bond acceptors (Lipinski definition) is 3. The molecule has 0 radical (unpaired) electrons. The van der Waals surface area contributed by atoms with Gasteiger partial charge in [0.25, 0.3) is 0 Å². The van der Waals surface area contributed by atoms with Gasteiger partial charge in [-0.15, -0.1) is 0 Å². The van der Waals surface area contributed by atoms with E-state index in [0.29, 0.717) is 6.04 Å². The fourth-order valence-electron chi connectivity index (χ4n) is 2.92. The third-order valence-corrected chi connectivity index (χ3v) is 3.98. The smallest absolute Gasteiger partial charge is 0.307 e. The predicted molar refractivity (Wildman–Crippen MR) is 77.5 cm³/mol. The molecule has 2 rings (SSSR count). The summed E-state index contributed by atoms with van der Waals surface area (Å²) in [6, 6.07) is 8.31. The fourth-order valence-corrected chi connectivity index (χ4v) is 2.92. The molecule has 4 heteroatoms. The number of aliphatic hydroxyl groups is 1. The van der Waals surface area contributed by atoms with Crippen molar-refractivity contribution in [2.24, 2.45) is 0 Å². The van der Waals surface area contributed by atoms with Crippen LogP contribution in [0.5, 0.6) is 0 Å². The average molecular weight is 277 g/mol. The van der Waals surface area contributed by atoms with E-state index in [4.69, 9.17) is 10.2 Å². The first-order valence-electron chi connectivity index (χ1n) is 7.33. The summed E-state index contributed by atoms with van der Waals surface area (Å²) in [5.41, 5.74) is 2.05. The highest BCUT2D eigenvalue weighted by Gasteiger charge is 2.21. The molecule has 0 aromatic heterocycles. The molecular weight excluding hydrogens is 254 g/mol. The number of carbonyl (C=O) groups is 1. The van der Waals surface area contributed by atoms with Crippen LogP contribution in [-0.4, -0.2) is 40.3 Å². The largest absolute Gasteiger partial charge is 0.481 e. The van der Waals surface area contributed by atoms with Crippen molar-refractivity contribution in [2.45, 2.75) is 44.7 Å². The number of aliphatic hydroxyl groups excluding tert-OH is 1. The highest BCUT2D eigenvalue weighted by molar-refractivity contribution is 5.70. The molecule has 1 unspecified atom stereocenters. The molecule has 0 spiro atoms. The monoisotopic (exact) mass is 277 g/mol. The molecule has 0 aliphatic carbocycles. The lowest BCUT2D eigenvalue weighted by atomic mass is 9.98. The number of benzene rings is 1. The van der Waals surface area contributed by atoms with E-state index >= 15 is 0 Å². The van der Waals surface area contributed by atoms with Gasteiger partial charge >= 0.3 is 5.97 Å². The first-order chi connectivity index (χ1) is 9.69. The standard InChI is InChI=1S/C16H23NO3/c18-10-8-15-3-1-2-9-17(15)12-14-6-4-13(5-7-14)11-16(19)20/h4-7,15,18H,1-3,8-12H2,(H,19,20). The van der Waals surface area contributed by atoms with E-state index in [1.807, 2.05) is 24.3 Å². The SMILES string of the molecule is O=C(O)Cc1ccc(CN2CCCCC2CCO)cc1. The Hall–Kier alpha value is -1.39. The number of aliphatic carboxylic acids is 1. The maximum Gasteiger partial charge on any atom is 0.307 e. The molecule has 0 amide bonds. The molecule has 1 heterocycles. The lowest BCUT2D eigenvalue weighted by Gasteiger charge is -2.35. The molecule has 1 aromatic carbocycles. The Labute approximate surface area is 120 Å². The van der Waals surface area contributed by atoms with Crippen molar-refractivity contribution in [1.82, 2.24) is 4.90 Å². The van der Waals surface area contributed by atoms with Crippen molar-refractivity contribution >= 4 is 5.97 Å². The molecule has 1 atom stereocenters. The van der Waals surface area contributed by atoms with Gasteiger partial charge in [0.1, 0.15) is 0 Å². The van der Waals surface area contributed by atoms with Gasteiger partial charge in [-0.05, 0) is 36.9 Å². The molecule has 110 valence electrons. The van der Waals surface area contributed by atoms with E-state index in [2.05, 4.69) is 4.90 Å². The summed E-state index contributed by atoms with van der Waals surface area (Å²) in [5.74, 6) is -0.795. The zero-order chi connectivity index (χ0) is 14.4. The number of rotatable bonds is 6. The summed E-state index contributed by atoms with van der Waals surface area (Å²) in [6.45, 7) is 2.22. The Balaban J connectivity index is 1.95. The predicted octanol–water partition coefficient (Wildman–Crippen LogP) is 2.05. The highest BCUT2D eigenvalue weighted by Crippen LogP contribution is 2.22. The van der Waals surface area contributed by atoms with E-state index in [1.165, 1.54) is 18.4 Å². The van der Waals surface area contributed by atoms with Gasteiger partial charge in [-0.25, -0.2) is 0 Å². The van der Waals surface area contributed by atoms with Crippen molar-refractivity contribution in [3.05, 3.63) is 35.4 Å². The third kappa shape index (κ3) is 4.32. The van der Waals surface area contributed by atoms with Crippen LogP contribution in [0.25, 0.3) is 0 Å². The van der Waals surface area contributed by atoms with Crippen LogP contribution in [0, 0.1) is 0 Å². The number of carboxylic acids is 1. The lowest BCUT2D eigenvalue weighted by Crippen LogP contribution is -2.39. The van der Waals surface area contributed by atoms with Gasteiger partial charge in [-0.2, -0.15) is 0 Å². The van der Waals surface area contributed by atoms with Crippen molar-refractivity contribution < 1.29 is 15.0 Å². The second-order valence-corrected chi connectivity index (χ2v) is 5.52. The third-order valence-electron chi connectivity index (χ3n) is 3.98. The highest BCUT2D eigenvalue weighted by atomic mass is 16.4. The van der Waals surface area contributed by atoms with Crippen LogP contribution in [0.1, 0.15) is 36.8 Å². The van der Waals surface area contributed by atoms with Crippen LogP contribution < -0.4 is 0 Å². The number of carboxylic acid groups (broad SMARTS) is 1. The van der Waals surface area contributed by atoms with Crippen molar-refractivity contribution in [3.8, 4) is 0 Å². The van der Waals surface area contributed by atoms with Crippen LogP contribution in [-0.2, 0) is 17.8 Å². The maximum absolute atomic E-state index is 10.7. The maximum atomic E-state index is 10.7. The van der Waals surface area contributed by atoms with Crippen LogP contribution >= 0.6 is 0 Å². The minimum Gasteiger partial charge on any atom is -0.481 e. The number of hydrogen-bond donors (Lipinski definition) is 2. The Bertz CT molecular complexity index is 428. The topological polar surface area (TPSA) is 60.8 Å². The Morgan fingerprint density at radius 3 is 2.55 bits per heavy atom. The van der Waals surface area contributed by atoms with Gasteiger partial charge in [-0.1, -0.05) is 30.7 Å². The van der Waals surface area contributed by atoms with Gasteiger partial charge in [-0.3, -0.25) is 9.69 Å². The van der Waals surface area contributed by atoms with Crippen molar-refractivity contribution in [2.75, 3.05) is 13.2 Å². The lowest BCUT2D eigenvalue weighted by molar-refractivity contribution is -0.136. The summed E-state index contributed by atoms with van der Waals surface area (Å²) < 4.78 is 0.